The number of benzene rings is 1. The van der Waals surface area contributed by atoms with Crippen molar-refractivity contribution in [1.82, 2.24) is 41.7 Å². The first-order valence-electron chi connectivity index (χ1n) is 27.8. The summed E-state index contributed by atoms with van der Waals surface area (Å²) < 4.78 is 0. The Balaban J connectivity index is 1.74. The molecular formula is C53H90N10O15. The van der Waals surface area contributed by atoms with Crippen LogP contribution < -0.4 is 43.4 Å². The molecule has 0 saturated carbocycles. The van der Waals surface area contributed by atoms with E-state index in [4.69, 9.17) is 11.5 Å². The number of phenols is 1. The zero-order valence-electron chi connectivity index (χ0n) is 45.7. The van der Waals surface area contributed by atoms with Gasteiger partial charge in [-0.2, -0.15) is 0 Å². The van der Waals surface area contributed by atoms with Gasteiger partial charge in [0.15, 0.2) is 0 Å². The van der Waals surface area contributed by atoms with Crippen LogP contribution in [0.25, 0.3) is 0 Å². The number of aliphatic hydroxyl groups is 7. The number of nitrogens with one attached hydrogen (secondary N) is 6. The van der Waals surface area contributed by atoms with Crippen LogP contribution in [0.3, 0.4) is 0 Å². The number of unbranched alkanes of at least 4 members (excludes halogenated alkanes) is 5. The van der Waals surface area contributed by atoms with E-state index in [1.165, 1.54) is 30.7 Å². The van der Waals surface area contributed by atoms with E-state index >= 15 is 0 Å². The van der Waals surface area contributed by atoms with Gasteiger partial charge in [0.1, 0.15) is 54.2 Å². The zero-order valence-corrected chi connectivity index (χ0v) is 45.7. The summed E-state index contributed by atoms with van der Waals surface area (Å²) in [5.74, 6) is -6.34. The Morgan fingerprint density at radius 2 is 1.35 bits per heavy atom. The lowest BCUT2D eigenvalue weighted by Crippen LogP contribution is -2.64. The molecule has 25 heteroatoms. The van der Waals surface area contributed by atoms with E-state index in [1.54, 1.807) is 0 Å². The van der Waals surface area contributed by atoms with E-state index in [0.29, 0.717) is 24.7 Å². The second-order valence-corrected chi connectivity index (χ2v) is 21.6. The van der Waals surface area contributed by atoms with Crippen molar-refractivity contribution < 1.29 is 74.4 Å². The third-order valence-corrected chi connectivity index (χ3v) is 15.2. The normalized spacial score (nSPS) is 28.4. The Hall–Kier alpha value is -5.09. The average molecular weight is 1110 g/mol. The van der Waals surface area contributed by atoms with Crippen molar-refractivity contribution in [3.05, 3.63) is 29.8 Å². The smallest absolute Gasteiger partial charge is 0.248 e. The summed E-state index contributed by atoms with van der Waals surface area (Å²) in [5.41, 5.74) is 11.4. The van der Waals surface area contributed by atoms with Crippen LogP contribution in [-0.4, -0.2) is 210 Å². The van der Waals surface area contributed by atoms with Crippen LogP contribution in [0.1, 0.15) is 129 Å². The quantitative estimate of drug-likeness (QED) is 0.0452. The first kappa shape index (κ1) is 65.4. The van der Waals surface area contributed by atoms with Crippen molar-refractivity contribution in [3.8, 4) is 5.75 Å². The Morgan fingerprint density at radius 3 is 1.99 bits per heavy atom. The molecule has 25 nitrogen and oxygen atoms in total. The minimum Gasteiger partial charge on any atom is -0.508 e. The molecule has 3 saturated heterocycles. The van der Waals surface area contributed by atoms with E-state index in [-0.39, 0.29) is 63.3 Å². The monoisotopic (exact) mass is 1110 g/mol. The van der Waals surface area contributed by atoms with Crippen LogP contribution in [0.15, 0.2) is 24.3 Å². The Morgan fingerprint density at radius 1 is 0.718 bits per heavy atom. The fraction of sp³-hybridized carbons (Fsp3) is 0.755. The van der Waals surface area contributed by atoms with Crippen LogP contribution in [0, 0.1) is 11.8 Å². The van der Waals surface area contributed by atoms with Crippen LogP contribution >= 0.6 is 0 Å². The lowest BCUT2D eigenvalue weighted by Gasteiger charge is -2.35. The number of rotatable bonds is 24. The molecule has 3 fully saturated rings. The van der Waals surface area contributed by atoms with Gasteiger partial charge in [-0.25, -0.2) is 0 Å². The zero-order chi connectivity index (χ0) is 57.8. The molecule has 78 heavy (non-hydrogen) atoms. The molecule has 1 aromatic rings. The molecule has 442 valence electrons. The fourth-order valence-electron chi connectivity index (χ4n) is 10.4. The Labute approximate surface area is 457 Å². The molecule has 16 atom stereocenters. The van der Waals surface area contributed by atoms with Crippen LogP contribution in [0.4, 0.5) is 0 Å². The summed E-state index contributed by atoms with van der Waals surface area (Å²) in [5, 5.41) is 105. The number of nitrogens with two attached hydrogens (primary N) is 2. The first-order chi connectivity index (χ1) is 37.0. The van der Waals surface area contributed by atoms with Crippen molar-refractivity contribution in [2.45, 2.75) is 203 Å². The number of nitrogens with zero attached hydrogens (tertiary/aromatic N) is 2. The molecule has 18 N–H and O–H groups in total. The summed E-state index contributed by atoms with van der Waals surface area (Å²) in [6, 6.07) is -7.66. The maximum absolute atomic E-state index is 14.6. The topological polar surface area (TPSA) is 412 Å². The maximum atomic E-state index is 14.6. The van der Waals surface area contributed by atoms with E-state index in [2.05, 4.69) is 52.7 Å². The number of phenolic OH excluding ortho intramolecular Hbond substituents is 1. The summed E-state index contributed by atoms with van der Waals surface area (Å²) in [6.07, 6.45) is -5.29. The predicted molar refractivity (Wildman–Crippen MR) is 285 cm³/mol. The highest BCUT2D eigenvalue weighted by atomic mass is 16.3. The van der Waals surface area contributed by atoms with Gasteiger partial charge in [0.25, 0.3) is 0 Å². The van der Waals surface area contributed by atoms with Crippen LogP contribution in [0.5, 0.6) is 5.75 Å². The van der Waals surface area contributed by atoms with Crippen molar-refractivity contribution in [1.29, 1.82) is 0 Å². The van der Waals surface area contributed by atoms with Gasteiger partial charge in [-0.15, -0.1) is 0 Å². The highest BCUT2D eigenvalue weighted by molar-refractivity contribution is 5.98. The number of carbonyl (C=O) groups is 7. The van der Waals surface area contributed by atoms with Gasteiger partial charge in [-0.1, -0.05) is 77.8 Å². The van der Waals surface area contributed by atoms with Crippen molar-refractivity contribution >= 4 is 41.4 Å². The highest BCUT2D eigenvalue weighted by Gasteiger charge is 2.49. The maximum Gasteiger partial charge on any atom is 0.248 e. The molecule has 3 aliphatic heterocycles. The van der Waals surface area contributed by atoms with Crippen molar-refractivity contribution in [3.63, 3.8) is 0 Å². The number of hydrogen-bond donors (Lipinski definition) is 16. The molecule has 2 unspecified atom stereocenters. The molecule has 0 aromatic heterocycles. The number of amides is 7. The third-order valence-electron chi connectivity index (χ3n) is 15.2. The molecule has 0 radical (unpaired) electrons. The van der Waals surface area contributed by atoms with E-state index in [9.17, 15) is 74.4 Å². The van der Waals surface area contributed by atoms with Crippen molar-refractivity contribution in [2.75, 3.05) is 39.3 Å². The summed E-state index contributed by atoms with van der Waals surface area (Å²) in [4.78, 5) is 102. The molecule has 3 aliphatic rings. The lowest BCUT2D eigenvalue weighted by molar-refractivity contribution is -0.148. The molecule has 0 bridgehead atoms. The predicted octanol–water partition coefficient (Wildman–Crippen LogP) is -3.27. The number of aromatic hydroxyl groups is 1. The standard InChI is InChI=1S/C53H90N10O15/c1-5-29(2)24-30(3)12-10-8-6-7-9-11-13-41(70)57-35-26-40(69)36(27-56-22-21-55)58-51(76)45-39(68)19-23-62(45)53(78)43(38(67)18-20-54)60-50(75)44(47(72)46(71)32-14-16-33(65)17-15-32)61-49(74)37-25-34(66)28-63(37)52(77)42(31(4)64)59-48(35)73/h14-17,29-31,34-40,42-47,56,64-69,71-72H,5-13,18-28,54-55H2,1-4H3,(H,57,70)(H,58,76)(H,59,73)(H,60,75)(H,61,74)/t29?,30?,31-,34-,35+,36-,37+,38-,39+,40-,42+,43+,44+,45+,46+,47+/m1/s1. The van der Waals surface area contributed by atoms with Gasteiger partial charge in [-0.05, 0) is 68.7 Å². The van der Waals surface area contributed by atoms with Gasteiger partial charge >= 0.3 is 0 Å². The number of hydrogen-bond acceptors (Lipinski definition) is 18. The molecule has 0 spiro atoms. The van der Waals surface area contributed by atoms with Gasteiger partial charge in [0, 0.05) is 52.0 Å². The summed E-state index contributed by atoms with van der Waals surface area (Å²) >= 11 is 0. The number of carbonyl (C=O) groups excluding carboxylic acids is 7. The van der Waals surface area contributed by atoms with Crippen LogP contribution in [-0.2, 0) is 33.6 Å². The van der Waals surface area contributed by atoms with Crippen LogP contribution in [0.2, 0.25) is 0 Å². The van der Waals surface area contributed by atoms with Gasteiger partial charge in [0.2, 0.25) is 41.4 Å². The highest BCUT2D eigenvalue weighted by Crippen LogP contribution is 2.27. The minimum absolute atomic E-state index is 0.0192. The molecule has 7 amide bonds. The van der Waals surface area contributed by atoms with Crippen molar-refractivity contribution in [2.24, 2.45) is 23.3 Å². The SMILES string of the molecule is CCC(C)CC(C)CCCCCCCCC(=O)N[C@H]1C[C@@H](O)[C@@H](CNCCN)NC(=O)[C@@H]2[C@@H](O)CCN2C(=O)[C@H]([C@H](O)CCN)NC(=O)[C@H]([C@H](O)[C@@H](O)c2ccc(O)cc2)NC(=O)[C@@H]2C[C@@H](O)CN2C(=O)[C@H]([C@@H](C)O)NC1=O. The molecule has 4 rings (SSSR count). The Kier molecular flexibility index (Phi) is 27.0. The van der Waals surface area contributed by atoms with Gasteiger partial charge < -0.3 is 94.0 Å². The Bertz CT molecular complexity index is 2090. The number of aliphatic hydroxyl groups excluding tert-OH is 7. The fourth-order valence-corrected chi connectivity index (χ4v) is 10.4. The second kappa shape index (κ2) is 32.2. The minimum atomic E-state index is -2.28. The largest absolute Gasteiger partial charge is 0.508 e. The molecule has 0 aliphatic carbocycles. The first-order valence-corrected chi connectivity index (χ1v) is 27.8. The van der Waals surface area contributed by atoms with Gasteiger partial charge in [0.05, 0.1) is 36.6 Å². The summed E-state index contributed by atoms with van der Waals surface area (Å²) in [7, 11) is 0. The van der Waals surface area contributed by atoms with E-state index < -0.39 is 146 Å². The molecular weight excluding hydrogens is 1020 g/mol. The second-order valence-electron chi connectivity index (χ2n) is 21.6. The average Bonchev–Trinajstić information content (AvgIpc) is 3.99. The lowest BCUT2D eigenvalue weighted by atomic mass is 9.91. The number of fused-ring (bicyclic) bond motifs is 2. The third kappa shape index (κ3) is 19.0. The molecule has 3 heterocycles. The summed E-state index contributed by atoms with van der Waals surface area (Å²) in [6.45, 7) is 6.93. The van der Waals surface area contributed by atoms with Gasteiger partial charge in [-0.3, -0.25) is 33.6 Å². The molecule has 1 aromatic carbocycles. The van der Waals surface area contributed by atoms with E-state index in [1.807, 2.05) is 0 Å². The van der Waals surface area contributed by atoms with E-state index in [0.717, 1.165) is 55.2 Å².